The van der Waals surface area contributed by atoms with Crippen molar-refractivity contribution in [2.75, 3.05) is 18.4 Å². The number of anilines is 1. The van der Waals surface area contributed by atoms with E-state index < -0.39 is 0 Å². The number of rotatable bonds is 5. The number of para-hydroxylation sites is 1. The predicted octanol–water partition coefficient (Wildman–Crippen LogP) is 3.87. The number of nitrogens with zero attached hydrogens (tertiary/aromatic N) is 3. The lowest BCUT2D eigenvalue weighted by atomic mass is 9.83. The van der Waals surface area contributed by atoms with Gasteiger partial charge in [-0.2, -0.15) is 5.10 Å². The van der Waals surface area contributed by atoms with Crippen LogP contribution in [-0.4, -0.2) is 39.6 Å². The lowest BCUT2D eigenvalue weighted by molar-refractivity contribution is -0.121. The van der Waals surface area contributed by atoms with Crippen LogP contribution in [0, 0.1) is 5.92 Å². The number of amides is 2. The molecule has 4 rings (SSSR count). The van der Waals surface area contributed by atoms with E-state index in [0.717, 1.165) is 17.7 Å². The number of aryl methyl sites for hydroxylation is 2. The number of benzene rings is 2. The van der Waals surface area contributed by atoms with Crippen molar-refractivity contribution in [2.24, 2.45) is 13.0 Å². The average molecular weight is 417 g/mol. The molecule has 1 fully saturated rings. The van der Waals surface area contributed by atoms with Crippen molar-refractivity contribution in [3.63, 3.8) is 0 Å². The first-order chi connectivity index (χ1) is 15.0. The quantitative estimate of drug-likeness (QED) is 0.687. The molecule has 6 heteroatoms. The normalized spacial score (nSPS) is 18.6. The molecule has 0 spiro atoms. The molecule has 1 saturated heterocycles. The highest BCUT2D eigenvalue weighted by Gasteiger charge is 2.35. The van der Waals surface area contributed by atoms with Gasteiger partial charge in [0.15, 0.2) is 0 Å². The zero-order chi connectivity index (χ0) is 21.8. The Morgan fingerprint density at radius 3 is 2.42 bits per heavy atom. The molecule has 2 atom stereocenters. The first-order valence-electron chi connectivity index (χ1n) is 10.8. The fourth-order valence-corrected chi connectivity index (χ4v) is 4.23. The van der Waals surface area contributed by atoms with Gasteiger partial charge in [-0.1, -0.05) is 49.4 Å². The van der Waals surface area contributed by atoms with E-state index in [0.29, 0.717) is 25.2 Å². The Morgan fingerprint density at radius 2 is 1.77 bits per heavy atom. The van der Waals surface area contributed by atoms with Gasteiger partial charge in [-0.15, -0.1) is 0 Å². The molecule has 2 amide bonds. The highest BCUT2D eigenvalue weighted by molar-refractivity contribution is 5.95. The number of carbonyl (C=O) groups is 2. The standard InChI is InChI=1S/C25H28N4O2/c1-3-18-9-11-19(12-10-18)20-15-21(24(30)27-22-7-5-4-6-8-22)17-29(16-20)25(31)23-13-14-26-28(23)2/h4-14,20-21H,3,15-17H2,1-2H3,(H,27,30). The van der Waals surface area contributed by atoms with Gasteiger partial charge >= 0.3 is 0 Å². The van der Waals surface area contributed by atoms with Crippen molar-refractivity contribution < 1.29 is 9.59 Å². The van der Waals surface area contributed by atoms with Crippen LogP contribution in [0.2, 0.25) is 0 Å². The van der Waals surface area contributed by atoms with Gasteiger partial charge in [0.2, 0.25) is 5.91 Å². The molecule has 0 bridgehead atoms. The van der Waals surface area contributed by atoms with Gasteiger partial charge in [0, 0.05) is 37.9 Å². The molecule has 1 N–H and O–H groups in total. The molecular weight excluding hydrogens is 388 g/mol. The van der Waals surface area contributed by atoms with Gasteiger partial charge in [0.05, 0.1) is 5.92 Å². The Morgan fingerprint density at radius 1 is 1.03 bits per heavy atom. The number of nitrogens with one attached hydrogen (secondary N) is 1. The first-order valence-corrected chi connectivity index (χ1v) is 10.8. The average Bonchev–Trinajstić information content (AvgIpc) is 3.24. The van der Waals surface area contributed by atoms with Gasteiger partial charge in [-0.3, -0.25) is 14.3 Å². The molecule has 2 heterocycles. The van der Waals surface area contributed by atoms with E-state index in [9.17, 15) is 9.59 Å². The summed E-state index contributed by atoms with van der Waals surface area (Å²) >= 11 is 0. The molecule has 0 radical (unpaired) electrons. The summed E-state index contributed by atoms with van der Waals surface area (Å²) in [6.45, 7) is 3.12. The Labute approximate surface area is 182 Å². The second-order valence-corrected chi connectivity index (χ2v) is 8.13. The van der Waals surface area contributed by atoms with Gasteiger partial charge in [-0.25, -0.2) is 0 Å². The number of piperidine rings is 1. The summed E-state index contributed by atoms with van der Waals surface area (Å²) in [5.74, 6) is -0.332. The maximum Gasteiger partial charge on any atom is 0.272 e. The van der Waals surface area contributed by atoms with E-state index in [1.165, 1.54) is 5.56 Å². The fourth-order valence-electron chi connectivity index (χ4n) is 4.23. The van der Waals surface area contributed by atoms with Crippen molar-refractivity contribution in [3.05, 3.63) is 83.7 Å². The lowest BCUT2D eigenvalue weighted by Gasteiger charge is -2.37. The Kier molecular flexibility index (Phi) is 6.16. The molecule has 1 aromatic heterocycles. The summed E-state index contributed by atoms with van der Waals surface area (Å²) in [6.07, 6.45) is 3.31. The minimum Gasteiger partial charge on any atom is -0.336 e. The van der Waals surface area contributed by atoms with E-state index in [1.807, 2.05) is 30.3 Å². The third-order valence-corrected chi connectivity index (χ3v) is 6.05. The maximum absolute atomic E-state index is 13.2. The summed E-state index contributed by atoms with van der Waals surface area (Å²) in [4.78, 5) is 28.1. The van der Waals surface area contributed by atoms with E-state index in [4.69, 9.17) is 0 Å². The minimum absolute atomic E-state index is 0.0520. The zero-order valence-electron chi connectivity index (χ0n) is 18.0. The molecule has 6 nitrogen and oxygen atoms in total. The first kappa shape index (κ1) is 20.8. The molecule has 2 aromatic carbocycles. The maximum atomic E-state index is 13.2. The largest absolute Gasteiger partial charge is 0.336 e. The Balaban J connectivity index is 1.58. The van der Waals surface area contributed by atoms with Crippen LogP contribution in [0.15, 0.2) is 66.9 Å². The van der Waals surface area contributed by atoms with Crippen molar-refractivity contribution in [3.8, 4) is 0 Å². The van der Waals surface area contributed by atoms with Gasteiger partial charge in [0.25, 0.3) is 5.91 Å². The van der Waals surface area contributed by atoms with E-state index >= 15 is 0 Å². The molecule has 2 unspecified atom stereocenters. The van der Waals surface area contributed by atoms with Gasteiger partial charge in [-0.05, 0) is 42.2 Å². The predicted molar refractivity (Wildman–Crippen MR) is 121 cm³/mol. The number of carbonyl (C=O) groups excluding carboxylic acids is 2. The summed E-state index contributed by atoms with van der Waals surface area (Å²) in [7, 11) is 1.76. The van der Waals surface area contributed by atoms with E-state index in [2.05, 4.69) is 41.6 Å². The van der Waals surface area contributed by atoms with Crippen LogP contribution in [0.25, 0.3) is 0 Å². The fraction of sp³-hybridized carbons (Fsp3) is 0.320. The zero-order valence-corrected chi connectivity index (χ0v) is 18.0. The number of aromatic nitrogens is 2. The minimum atomic E-state index is -0.290. The summed E-state index contributed by atoms with van der Waals surface area (Å²) in [5, 5.41) is 7.14. The second-order valence-electron chi connectivity index (χ2n) is 8.13. The molecule has 1 aliphatic rings. The highest BCUT2D eigenvalue weighted by atomic mass is 16.2. The molecule has 1 aliphatic heterocycles. The molecule has 31 heavy (non-hydrogen) atoms. The van der Waals surface area contributed by atoms with Crippen LogP contribution in [0.1, 0.15) is 40.9 Å². The van der Waals surface area contributed by atoms with Crippen LogP contribution < -0.4 is 5.32 Å². The summed E-state index contributed by atoms with van der Waals surface area (Å²) in [6, 6.07) is 19.7. The molecular formula is C25H28N4O2. The van der Waals surface area contributed by atoms with E-state index in [-0.39, 0.29) is 23.7 Å². The van der Waals surface area contributed by atoms with Crippen LogP contribution >= 0.6 is 0 Å². The number of likely N-dealkylation sites (tertiary alicyclic amines) is 1. The smallest absolute Gasteiger partial charge is 0.272 e. The summed E-state index contributed by atoms with van der Waals surface area (Å²) < 4.78 is 1.58. The van der Waals surface area contributed by atoms with Crippen LogP contribution in [0.5, 0.6) is 0 Å². The second kappa shape index (κ2) is 9.16. The topological polar surface area (TPSA) is 67.2 Å². The van der Waals surface area contributed by atoms with Crippen molar-refractivity contribution in [1.82, 2.24) is 14.7 Å². The van der Waals surface area contributed by atoms with Crippen LogP contribution in [0.3, 0.4) is 0 Å². The van der Waals surface area contributed by atoms with Gasteiger partial charge in [0.1, 0.15) is 5.69 Å². The van der Waals surface area contributed by atoms with Crippen molar-refractivity contribution in [1.29, 1.82) is 0 Å². The number of hydrogen-bond acceptors (Lipinski definition) is 3. The molecule has 0 aliphatic carbocycles. The summed E-state index contributed by atoms with van der Waals surface area (Å²) in [5.41, 5.74) is 3.74. The third-order valence-electron chi connectivity index (χ3n) is 6.05. The third kappa shape index (κ3) is 4.68. The molecule has 0 saturated carbocycles. The lowest BCUT2D eigenvalue weighted by Crippen LogP contribution is -2.47. The van der Waals surface area contributed by atoms with Crippen molar-refractivity contribution in [2.45, 2.75) is 25.7 Å². The van der Waals surface area contributed by atoms with E-state index in [1.54, 1.807) is 28.9 Å². The Bertz CT molecular complexity index is 1040. The number of hydrogen-bond donors (Lipinski definition) is 1. The monoisotopic (exact) mass is 416 g/mol. The van der Waals surface area contributed by atoms with Gasteiger partial charge < -0.3 is 10.2 Å². The van der Waals surface area contributed by atoms with Crippen LogP contribution in [0.4, 0.5) is 5.69 Å². The molecule has 160 valence electrons. The Hall–Kier alpha value is -3.41. The van der Waals surface area contributed by atoms with Crippen molar-refractivity contribution >= 4 is 17.5 Å². The SMILES string of the molecule is CCc1ccc(C2CC(C(=O)Nc3ccccc3)CN(C(=O)c3ccnn3C)C2)cc1. The van der Waals surface area contributed by atoms with Crippen LogP contribution in [-0.2, 0) is 18.3 Å². The molecule has 3 aromatic rings. The highest BCUT2D eigenvalue weighted by Crippen LogP contribution is 2.32.